The Balaban J connectivity index is -0.000000193. The third kappa shape index (κ3) is 43.2. The summed E-state index contributed by atoms with van der Waals surface area (Å²) in [6, 6.07) is 8.27. The Kier molecular flexibility index (Phi) is 40.4. The molecule has 1 aromatic carbocycles. The number of benzene rings is 1. The van der Waals surface area contributed by atoms with Crippen LogP contribution in [0.3, 0.4) is 0 Å². The van der Waals surface area contributed by atoms with Crippen LogP contribution in [0.2, 0.25) is 0 Å². The zero-order chi connectivity index (χ0) is 30.0. The zero-order valence-electron chi connectivity index (χ0n) is 27.0. The number of nitrogens with zero attached hydrogens (tertiary/aromatic N) is 1. The highest BCUT2D eigenvalue weighted by atomic mass is 14.7. The minimum atomic E-state index is 0.855. The van der Waals surface area contributed by atoms with Crippen molar-refractivity contribution in [1.82, 2.24) is 0 Å². The van der Waals surface area contributed by atoms with Crippen LogP contribution < -0.4 is 0 Å². The van der Waals surface area contributed by atoms with Gasteiger partial charge in [0.1, 0.15) is 0 Å². The molecule has 0 saturated carbocycles. The molecule has 0 heterocycles. The van der Waals surface area contributed by atoms with Gasteiger partial charge in [0.25, 0.3) is 0 Å². The van der Waals surface area contributed by atoms with E-state index in [2.05, 4.69) is 101 Å². The lowest BCUT2D eigenvalue weighted by atomic mass is 9.98. The summed E-state index contributed by atoms with van der Waals surface area (Å²) >= 11 is 0. The Bertz CT molecular complexity index is 816. The van der Waals surface area contributed by atoms with Crippen LogP contribution in [-0.4, -0.2) is 12.8 Å². The molecule has 0 spiro atoms. The highest BCUT2D eigenvalue weighted by Crippen LogP contribution is 2.14. The van der Waals surface area contributed by atoms with Crippen molar-refractivity contribution in [3.8, 4) is 11.8 Å². The van der Waals surface area contributed by atoms with Crippen molar-refractivity contribution in [2.75, 3.05) is 7.05 Å². The summed E-state index contributed by atoms with van der Waals surface area (Å²) in [4.78, 5) is 3.99. The lowest BCUT2D eigenvalue weighted by Gasteiger charge is -2.08. The molecule has 0 saturated heterocycles. The van der Waals surface area contributed by atoms with Gasteiger partial charge in [0.05, 0.1) is 0 Å². The molecular weight excluding hydrogens is 458 g/mol. The van der Waals surface area contributed by atoms with Gasteiger partial charge in [-0.05, 0) is 78.4 Å². The summed E-state index contributed by atoms with van der Waals surface area (Å²) < 4.78 is 0. The minimum absolute atomic E-state index is 0.855. The van der Waals surface area contributed by atoms with E-state index in [1.54, 1.807) is 6.08 Å². The third-order valence-corrected chi connectivity index (χ3v) is 4.50. The van der Waals surface area contributed by atoms with E-state index in [1.165, 1.54) is 42.5 Å². The van der Waals surface area contributed by atoms with Crippen molar-refractivity contribution in [3.63, 3.8) is 0 Å². The number of allylic oxidation sites excluding steroid dienone is 8. The molecule has 1 atom stereocenters. The molecule has 0 amide bonds. The monoisotopic (exact) mass is 519 g/mol. The summed E-state index contributed by atoms with van der Waals surface area (Å²) in [5.74, 6) is 6.96. The Morgan fingerprint density at radius 3 is 1.95 bits per heavy atom. The lowest BCUT2D eigenvalue weighted by Crippen LogP contribution is -1.92. The minimum Gasteiger partial charge on any atom is -0.298 e. The largest absolute Gasteiger partial charge is 0.298 e. The highest BCUT2D eigenvalue weighted by molar-refractivity contribution is 5.81. The van der Waals surface area contributed by atoms with Crippen LogP contribution in [0.5, 0.6) is 0 Å². The van der Waals surface area contributed by atoms with Gasteiger partial charge < -0.3 is 0 Å². The summed E-state index contributed by atoms with van der Waals surface area (Å²) in [5.41, 5.74) is 4.81. The third-order valence-electron chi connectivity index (χ3n) is 4.50. The molecule has 1 heteroatoms. The maximum absolute atomic E-state index is 3.99. The molecule has 2 rings (SSSR count). The van der Waals surface area contributed by atoms with Crippen LogP contribution in [0.1, 0.15) is 112 Å². The smallest absolute Gasteiger partial charge is 0.0276 e. The molecule has 1 aromatic rings. The number of hydrogen-bond donors (Lipinski definition) is 0. The van der Waals surface area contributed by atoms with Gasteiger partial charge in [0.2, 0.25) is 0 Å². The molecule has 38 heavy (non-hydrogen) atoms. The predicted molar refractivity (Wildman–Crippen MR) is 180 cm³/mol. The average Bonchev–Trinajstić information content (AvgIpc) is 2.91. The van der Waals surface area contributed by atoms with Crippen LogP contribution in [0, 0.1) is 24.7 Å². The SMILES string of the molecule is C=C(C)C.C=C/C=C\C=C/C.CC.CC1C=CCCC1.CCC#Cc1ccc(C)cc1.CCCC(C)=NC. The second kappa shape index (κ2) is 36.3. The summed E-state index contributed by atoms with van der Waals surface area (Å²) in [6.07, 6.45) is 21.5. The fraction of sp³-hybridized carbons (Fsp3) is 0.486. The normalized spacial score (nSPS) is 13.2. The molecule has 0 N–H and O–H groups in total. The van der Waals surface area contributed by atoms with E-state index in [4.69, 9.17) is 0 Å². The van der Waals surface area contributed by atoms with E-state index >= 15 is 0 Å². The standard InChI is InChI=1S/C11H12.C7H12.C7H10.C6H13N.C4H8.C2H6/c1-3-4-5-11-8-6-10(2)7-9-11;1-7-5-3-2-4-6-7;1-3-5-7-6-4-2;1-4-5-6(2)7-3;1-4(2)3;1-2/h6-9H,3H2,1-2H3;3,5,7H,2,4,6H2,1H3;3-7H,1H2,2H3;4-5H2,1-3H3;1H2,2-3H3;1-2H3/b;;6-4-,7-5-;;;. The van der Waals surface area contributed by atoms with E-state index in [9.17, 15) is 0 Å². The van der Waals surface area contributed by atoms with Gasteiger partial charge in [-0.2, -0.15) is 0 Å². The second-order valence-corrected chi connectivity index (χ2v) is 8.92. The van der Waals surface area contributed by atoms with E-state index in [0.717, 1.165) is 24.3 Å². The first-order chi connectivity index (χ1) is 18.2. The van der Waals surface area contributed by atoms with Crippen molar-refractivity contribution in [2.24, 2.45) is 10.9 Å². The van der Waals surface area contributed by atoms with Crippen LogP contribution in [-0.2, 0) is 0 Å². The predicted octanol–water partition coefficient (Wildman–Crippen LogP) is 11.9. The van der Waals surface area contributed by atoms with Crippen molar-refractivity contribution >= 4 is 5.71 Å². The Labute approximate surface area is 239 Å². The molecule has 1 aliphatic rings. The first kappa shape index (κ1) is 42.2. The first-order valence-electron chi connectivity index (χ1n) is 14.3. The maximum atomic E-state index is 3.99. The van der Waals surface area contributed by atoms with Crippen LogP contribution >= 0.6 is 0 Å². The Hall–Kier alpha value is -2.85. The molecule has 1 aliphatic carbocycles. The van der Waals surface area contributed by atoms with Gasteiger partial charge >= 0.3 is 0 Å². The van der Waals surface area contributed by atoms with E-state index in [-0.39, 0.29) is 0 Å². The molecule has 0 radical (unpaired) electrons. The molecule has 1 unspecified atom stereocenters. The molecular formula is C37H61N. The quantitative estimate of drug-likeness (QED) is 0.162. The Morgan fingerprint density at radius 2 is 1.63 bits per heavy atom. The first-order valence-corrected chi connectivity index (χ1v) is 14.3. The molecule has 0 fully saturated rings. The summed E-state index contributed by atoms with van der Waals surface area (Å²) in [5, 5.41) is 0. The molecule has 0 aromatic heterocycles. The van der Waals surface area contributed by atoms with E-state index < -0.39 is 0 Å². The number of aryl methyl sites for hydroxylation is 1. The summed E-state index contributed by atoms with van der Waals surface area (Å²) in [6.45, 7) is 27.6. The topological polar surface area (TPSA) is 12.4 Å². The number of hydrogen-bond acceptors (Lipinski definition) is 1. The van der Waals surface area contributed by atoms with Gasteiger partial charge in [-0.1, -0.05) is 125 Å². The zero-order valence-corrected chi connectivity index (χ0v) is 27.0. The van der Waals surface area contributed by atoms with Crippen molar-refractivity contribution in [2.45, 2.75) is 108 Å². The van der Waals surface area contributed by atoms with Crippen LogP contribution in [0.25, 0.3) is 0 Å². The van der Waals surface area contributed by atoms with Crippen LogP contribution in [0.15, 0.2) is 90.5 Å². The molecule has 0 aliphatic heterocycles. The molecule has 0 bridgehead atoms. The second-order valence-electron chi connectivity index (χ2n) is 8.92. The Morgan fingerprint density at radius 1 is 1.05 bits per heavy atom. The van der Waals surface area contributed by atoms with Crippen LogP contribution in [0.4, 0.5) is 0 Å². The average molecular weight is 520 g/mol. The van der Waals surface area contributed by atoms with Gasteiger partial charge in [-0.15, -0.1) is 6.58 Å². The molecule has 214 valence electrons. The number of aliphatic imine (C=N–C) groups is 1. The van der Waals surface area contributed by atoms with Crippen molar-refractivity contribution < 1.29 is 0 Å². The summed E-state index contributed by atoms with van der Waals surface area (Å²) in [7, 11) is 1.84. The van der Waals surface area contributed by atoms with Gasteiger partial charge in [-0.25, -0.2) is 0 Å². The fourth-order valence-corrected chi connectivity index (χ4v) is 2.54. The van der Waals surface area contributed by atoms with Gasteiger partial charge in [-0.3, -0.25) is 4.99 Å². The van der Waals surface area contributed by atoms with E-state index in [1.807, 2.05) is 66.0 Å². The van der Waals surface area contributed by atoms with E-state index in [0.29, 0.717) is 0 Å². The van der Waals surface area contributed by atoms with Crippen molar-refractivity contribution in [1.29, 1.82) is 0 Å². The lowest BCUT2D eigenvalue weighted by molar-refractivity contribution is 0.584. The maximum Gasteiger partial charge on any atom is 0.0276 e. The highest BCUT2D eigenvalue weighted by Gasteiger charge is 1.98. The van der Waals surface area contributed by atoms with Crippen molar-refractivity contribution in [3.05, 3.63) is 96.7 Å². The van der Waals surface area contributed by atoms with Gasteiger partial charge in [0, 0.05) is 24.7 Å². The fourth-order valence-electron chi connectivity index (χ4n) is 2.54. The number of rotatable bonds is 4. The van der Waals surface area contributed by atoms with Gasteiger partial charge in [0.15, 0.2) is 0 Å². The molecule has 1 nitrogen and oxygen atoms in total.